The molecule has 1 aromatic heterocycles. The van der Waals surface area contributed by atoms with E-state index in [4.69, 9.17) is 5.73 Å². The van der Waals surface area contributed by atoms with Crippen molar-refractivity contribution in [3.8, 4) is 0 Å². The summed E-state index contributed by atoms with van der Waals surface area (Å²) in [6, 6.07) is 7.21. The highest BCUT2D eigenvalue weighted by molar-refractivity contribution is 5.97. The van der Waals surface area contributed by atoms with Crippen molar-refractivity contribution in [2.24, 2.45) is 5.73 Å². The van der Waals surface area contributed by atoms with Gasteiger partial charge in [0.15, 0.2) is 0 Å². The van der Waals surface area contributed by atoms with Crippen molar-refractivity contribution in [1.29, 1.82) is 0 Å². The molecule has 1 aliphatic rings. The molecule has 0 spiro atoms. The number of anilines is 1. The van der Waals surface area contributed by atoms with Crippen LogP contribution in [0.25, 0.3) is 0 Å². The summed E-state index contributed by atoms with van der Waals surface area (Å²) in [7, 11) is 0. The molecule has 1 saturated heterocycles. The van der Waals surface area contributed by atoms with E-state index in [1.54, 1.807) is 36.8 Å². The van der Waals surface area contributed by atoms with E-state index < -0.39 is 0 Å². The maximum Gasteiger partial charge on any atom is 0.254 e. The Bertz CT molecular complexity index is 755. The number of nitrogens with zero attached hydrogens (tertiary/aromatic N) is 3. The lowest BCUT2D eigenvalue weighted by Crippen LogP contribution is -2.47. The third kappa shape index (κ3) is 6.22. The van der Waals surface area contributed by atoms with E-state index in [0.29, 0.717) is 30.8 Å². The number of aromatic nitrogens is 2. The van der Waals surface area contributed by atoms with Crippen molar-refractivity contribution in [1.82, 2.24) is 14.5 Å². The summed E-state index contributed by atoms with van der Waals surface area (Å²) in [6.45, 7) is 1.79. The number of rotatable bonds is 6. The summed E-state index contributed by atoms with van der Waals surface area (Å²) in [5.41, 5.74) is 7.03. The molecule has 0 saturated carbocycles. The van der Waals surface area contributed by atoms with E-state index in [-0.39, 0.29) is 42.7 Å². The standard InChI is InChI=1S/C19H25N5O2.2ClH/c20-13-17-6-1-2-9-24(17)19(26)15-4-3-5-16(12-15)22-18(25)7-10-23-11-8-21-14-23;;/h3-5,8,11-12,14,17H,1-2,6-7,9-10,13,20H2,(H,22,25);2*1H. The molecule has 28 heavy (non-hydrogen) atoms. The summed E-state index contributed by atoms with van der Waals surface area (Å²) >= 11 is 0. The topological polar surface area (TPSA) is 93.3 Å². The third-order valence-electron chi connectivity index (χ3n) is 4.71. The SMILES string of the molecule is Cl.Cl.NCC1CCCCN1C(=O)c1cccc(NC(=O)CCn2ccnc2)c1. The largest absolute Gasteiger partial charge is 0.337 e. The van der Waals surface area contributed by atoms with Crippen molar-refractivity contribution in [2.75, 3.05) is 18.4 Å². The number of carbonyl (C=O) groups is 2. The summed E-state index contributed by atoms with van der Waals surface area (Å²) in [4.78, 5) is 30.8. The average Bonchev–Trinajstić information content (AvgIpc) is 3.19. The molecule has 2 aromatic rings. The maximum atomic E-state index is 12.8. The lowest BCUT2D eigenvalue weighted by molar-refractivity contribution is -0.116. The zero-order chi connectivity index (χ0) is 18.4. The number of benzene rings is 1. The molecule has 3 N–H and O–H groups in total. The Morgan fingerprint density at radius 1 is 1.25 bits per heavy atom. The highest BCUT2D eigenvalue weighted by Gasteiger charge is 2.26. The smallest absolute Gasteiger partial charge is 0.254 e. The first-order valence-electron chi connectivity index (χ1n) is 9.04. The van der Waals surface area contributed by atoms with Gasteiger partial charge in [-0.3, -0.25) is 9.59 Å². The van der Waals surface area contributed by atoms with Crippen LogP contribution in [0.2, 0.25) is 0 Å². The number of nitrogens with two attached hydrogens (primary N) is 1. The van der Waals surface area contributed by atoms with Crippen molar-refractivity contribution < 1.29 is 9.59 Å². The number of hydrogen-bond acceptors (Lipinski definition) is 4. The molecular formula is C19H27Cl2N5O2. The second kappa shape index (κ2) is 11.7. The summed E-state index contributed by atoms with van der Waals surface area (Å²) < 4.78 is 1.85. The van der Waals surface area contributed by atoms with Crippen LogP contribution in [0.5, 0.6) is 0 Å². The number of halogens is 2. The summed E-state index contributed by atoms with van der Waals surface area (Å²) in [5.74, 6) is -0.115. The first-order valence-corrected chi connectivity index (χ1v) is 9.04. The zero-order valence-corrected chi connectivity index (χ0v) is 17.3. The predicted octanol–water partition coefficient (Wildman–Crippen LogP) is 2.71. The molecule has 0 radical (unpaired) electrons. The van der Waals surface area contributed by atoms with E-state index >= 15 is 0 Å². The number of imidazole rings is 1. The molecule has 1 atom stereocenters. The highest BCUT2D eigenvalue weighted by atomic mass is 35.5. The number of aryl methyl sites for hydroxylation is 1. The molecule has 1 unspecified atom stereocenters. The van der Waals surface area contributed by atoms with Crippen LogP contribution in [0.1, 0.15) is 36.0 Å². The molecule has 1 aromatic carbocycles. The van der Waals surface area contributed by atoms with Crippen LogP contribution in [0.15, 0.2) is 43.0 Å². The van der Waals surface area contributed by atoms with Crippen LogP contribution in [-0.4, -0.2) is 45.4 Å². The summed E-state index contributed by atoms with van der Waals surface area (Å²) in [6.07, 6.45) is 8.59. The average molecular weight is 428 g/mol. The number of nitrogens with one attached hydrogen (secondary N) is 1. The predicted molar refractivity (Wildman–Crippen MR) is 114 cm³/mol. The maximum absolute atomic E-state index is 12.8. The molecular weight excluding hydrogens is 401 g/mol. The van der Waals surface area contributed by atoms with Gasteiger partial charge in [0.05, 0.1) is 6.33 Å². The van der Waals surface area contributed by atoms with Crippen LogP contribution in [0.3, 0.4) is 0 Å². The first-order chi connectivity index (χ1) is 12.7. The Morgan fingerprint density at radius 2 is 2.07 bits per heavy atom. The molecule has 2 amide bonds. The molecule has 0 aliphatic carbocycles. The molecule has 0 bridgehead atoms. The van der Waals surface area contributed by atoms with Gasteiger partial charge < -0.3 is 20.5 Å². The van der Waals surface area contributed by atoms with Gasteiger partial charge in [0, 0.05) is 55.7 Å². The van der Waals surface area contributed by atoms with Gasteiger partial charge >= 0.3 is 0 Å². The van der Waals surface area contributed by atoms with Gasteiger partial charge in [-0.2, -0.15) is 0 Å². The van der Waals surface area contributed by atoms with Crippen LogP contribution in [0.4, 0.5) is 5.69 Å². The van der Waals surface area contributed by atoms with E-state index in [0.717, 1.165) is 25.8 Å². The van der Waals surface area contributed by atoms with Crippen LogP contribution in [0, 0.1) is 0 Å². The van der Waals surface area contributed by atoms with Crippen molar-refractivity contribution >= 4 is 42.3 Å². The van der Waals surface area contributed by atoms with Crippen LogP contribution >= 0.6 is 24.8 Å². The molecule has 9 heteroatoms. The Labute approximate surface area is 177 Å². The van der Waals surface area contributed by atoms with E-state index in [9.17, 15) is 9.59 Å². The fourth-order valence-corrected chi connectivity index (χ4v) is 3.28. The monoisotopic (exact) mass is 427 g/mol. The lowest BCUT2D eigenvalue weighted by Gasteiger charge is -2.35. The summed E-state index contributed by atoms with van der Waals surface area (Å²) in [5, 5.41) is 2.86. The Hall–Kier alpha value is -2.09. The minimum Gasteiger partial charge on any atom is -0.337 e. The van der Waals surface area contributed by atoms with E-state index in [1.807, 2.05) is 15.7 Å². The second-order valence-corrected chi connectivity index (χ2v) is 6.56. The minimum absolute atomic E-state index is 0. The highest BCUT2D eigenvalue weighted by Crippen LogP contribution is 2.20. The van der Waals surface area contributed by atoms with Gasteiger partial charge in [0.25, 0.3) is 5.91 Å². The fourth-order valence-electron chi connectivity index (χ4n) is 3.28. The van der Waals surface area contributed by atoms with Gasteiger partial charge in [0.2, 0.25) is 5.91 Å². The van der Waals surface area contributed by atoms with Gasteiger partial charge in [-0.25, -0.2) is 4.98 Å². The fraction of sp³-hybridized carbons (Fsp3) is 0.421. The second-order valence-electron chi connectivity index (χ2n) is 6.56. The Balaban J connectivity index is 0.00000196. The van der Waals surface area contributed by atoms with Gasteiger partial charge in [-0.1, -0.05) is 6.07 Å². The Morgan fingerprint density at radius 3 is 2.79 bits per heavy atom. The molecule has 1 aliphatic heterocycles. The first kappa shape index (κ1) is 23.9. The van der Waals surface area contributed by atoms with E-state index in [1.165, 1.54) is 0 Å². The van der Waals surface area contributed by atoms with Crippen LogP contribution in [-0.2, 0) is 11.3 Å². The van der Waals surface area contributed by atoms with Crippen LogP contribution < -0.4 is 11.1 Å². The number of likely N-dealkylation sites (tertiary alicyclic amines) is 1. The number of piperidine rings is 1. The van der Waals surface area contributed by atoms with Gasteiger partial charge in [-0.05, 0) is 37.5 Å². The van der Waals surface area contributed by atoms with Gasteiger partial charge in [0.1, 0.15) is 0 Å². The van der Waals surface area contributed by atoms with Crippen molar-refractivity contribution in [2.45, 2.75) is 38.3 Å². The minimum atomic E-state index is -0.0962. The number of amides is 2. The molecule has 1 fully saturated rings. The zero-order valence-electron chi connectivity index (χ0n) is 15.6. The Kier molecular flexibility index (Phi) is 9.99. The van der Waals surface area contributed by atoms with E-state index in [2.05, 4.69) is 10.3 Å². The molecule has 7 nitrogen and oxygen atoms in total. The number of hydrogen-bond donors (Lipinski definition) is 2. The van der Waals surface area contributed by atoms with Crippen molar-refractivity contribution in [3.63, 3.8) is 0 Å². The van der Waals surface area contributed by atoms with Gasteiger partial charge in [-0.15, -0.1) is 24.8 Å². The van der Waals surface area contributed by atoms with Crippen molar-refractivity contribution in [3.05, 3.63) is 48.5 Å². The molecule has 3 rings (SSSR count). The quantitative estimate of drug-likeness (QED) is 0.740. The molecule has 2 heterocycles. The molecule has 154 valence electrons. The number of carbonyl (C=O) groups excluding carboxylic acids is 2. The lowest BCUT2D eigenvalue weighted by atomic mass is 10.0. The third-order valence-corrected chi connectivity index (χ3v) is 4.71. The normalized spacial score (nSPS) is 15.9.